The van der Waals surface area contributed by atoms with Crippen LogP contribution in [0.15, 0.2) is 59.1 Å². The molecule has 136 valence electrons. The zero-order chi connectivity index (χ0) is 18.5. The molecule has 0 aliphatic heterocycles. The summed E-state index contributed by atoms with van der Waals surface area (Å²) < 4.78 is 12.1. The number of fused-ring (bicyclic) bond motifs is 1. The Hall–Kier alpha value is -2.04. The molecule has 3 rings (SSSR count). The minimum absolute atomic E-state index is 0.276. The second-order valence-electron chi connectivity index (χ2n) is 6.41. The molecule has 3 nitrogen and oxygen atoms in total. The van der Waals surface area contributed by atoms with Crippen molar-refractivity contribution in [2.75, 3.05) is 14.2 Å². The summed E-state index contributed by atoms with van der Waals surface area (Å²) in [5.41, 5.74) is 2.39. The lowest BCUT2D eigenvalue weighted by Crippen LogP contribution is -2.28. The number of halogens is 1. The van der Waals surface area contributed by atoms with Gasteiger partial charge in [0.1, 0.15) is 11.5 Å². The molecule has 0 saturated heterocycles. The van der Waals surface area contributed by atoms with Gasteiger partial charge in [0, 0.05) is 22.6 Å². The number of hydrogen-bond acceptors (Lipinski definition) is 3. The second-order valence-corrected chi connectivity index (χ2v) is 7.33. The first-order valence-electron chi connectivity index (χ1n) is 8.72. The highest BCUT2D eigenvalue weighted by molar-refractivity contribution is 9.10. The average molecular weight is 414 g/mol. The highest BCUT2D eigenvalue weighted by Gasteiger charge is 2.15. The van der Waals surface area contributed by atoms with Crippen molar-refractivity contribution in [3.05, 3.63) is 70.2 Å². The monoisotopic (exact) mass is 413 g/mol. The molecule has 0 aliphatic rings. The van der Waals surface area contributed by atoms with Crippen LogP contribution < -0.4 is 14.8 Å². The Morgan fingerprint density at radius 3 is 2.31 bits per heavy atom. The van der Waals surface area contributed by atoms with Crippen LogP contribution in [0.25, 0.3) is 10.8 Å². The van der Waals surface area contributed by atoms with Gasteiger partial charge in [-0.05, 0) is 41.8 Å². The fraction of sp³-hybridized carbons (Fsp3) is 0.273. The van der Waals surface area contributed by atoms with E-state index in [0.717, 1.165) is 34.5 Å². The number of rotatable bonds is 7. The van der Waals surface area contributed by atoms with Gasteiger partial charge in [-0.3, -0.25) is 0 Å². The van der Waals surface area contributed by atoms with Crippen molar-refractivity contribution in [3.8, 4) is 11.5 Å². The van der Waals surface area contributed by atoms with E-state index < -0.39 is 0 Å². The van der Waals surface area contributed by atoms with Gasteiger partial charge < -0.3 is 14.8 Å². The van der Waals surface area contributed by atoms with Gasteiger partial charge in [-0.1, -0.05) is 58.4 Å². The molecular weight excluding hydrogens is 390 g/mol. The summed E-state index contributed by atoms with van der Waals surface area (Å²) >= 11 is 3.50. The Balaban J connectivity index is 1.74. The first-order valence-corrected chi connectivity index (χ1v) is 9.52. The number of methoxy groups -OCH3 is 2. The fourth-order valence-corrected chi connectivity index (χ4v) is 3.68. The van der Waals surface area contributed by atoms with Crippen molar-refractivity contribution >= 4 is 26.7 Å². The minimum Gasteiger partial charge on any atom is -0.496 e. The molecule has 0 fully saturated rings. The summed E-state index contributed by atoms with van der Waals surface area (Å²) in [5, 5.41) is 6.21. The SMILES string of the molecule is COc1cc(Br)cc(OC)c1CC(C)NCc1cccc2ccccc12. The molecule has 0 amide bonds. The standard InChI is InChI=1S/C22H24BrNO2/c1-15(11-20-21(25-2)12-18(23)13-22(20)26-3)24-14-17-9-6-8-16-7-4-5-10-19(16)17/h4-10,12-13,15,24H,11,14H2,1-3H3. The van der Waals surface area contributed by atoms with Crippen LogP contribution in [-0.4, -0.2) is 20.3 Å². The van der Waals surface area contributed by atoms with Gasteiger partial charge in [-0.2, -0.15) is 0 Å². The maximum absolute atomic E-state index is 5.55. The molecule has 0 bridgehead atoms. The van der Waals surface area contributed by atoms with Crippen LogP contribution in [0, 0.1) is 0 Å². The van der Waals surface area contributed by atoms with Gasteiger partial charge in [0.25, 0.3) is 0 Å². The molecule has 0 radical (unpaired) electrons. The lowest BCUT2D eigenvalue weighted by Gasteiger charge is -2.19. The van der Waals surface area contributed by atoms with E-state index >= 15 is 0 Å². The Morgan fingerprint density at radius 2 is 1.62 bits per heavy atom. The normalized spacial score (nSPS) is 12.2. The van der Waals surface area contributed by atoms with Crippen molar-refractivity contribution in [3.63, 3.8) is 0 Å². The first-order chi connectivity index (χ1) is 12.6. The van der Waals surface area contributed by atoms with Crippen molar-refractivity contribution in [2.24, 2.45) is 0 Å². The lowest BCUT2D eigenvalue weighted by molar-refractivity contribution is 0.379. The molecule has 1 unspecified atom stereocenters. The largest absolute Gasteiger partial charge is 0.496 e. The number of benzene rings is 3. The predicted octanol–water partition coefficient (Wildman–Crippen LogP) is 5.34. The van der Waals surface area contributed by atoms with E-state index in [1.165, 1.54) is 16.3 Å². The van der Waals surface area contributed by atoms with Crippen LogP contribution in [0.2, 0.25) is 0 Å². The molecule has 1 N–H and O–H groups in total. The lowest BCUT2D eigenvalue weighted by atomic mass is 10.0. The summed E-state index contributed by atoms with van der Waals surface area (Å²) in [4.78, 5) is 0. The number of ether oxygens (including phenoxy) is 2. The van der Waals surface area contributed by atoms with Crippen molar-refractivity contribution in [1.82, 2.24) is 5.32 Å². The van der Waals surface area contributed by atoms with Crippen LogP contribution in [0.4, 0.5) is 0 Å². The van der Waals surface area contributed by atoms with E-state index in [0.29, 0.717) is 0 Å². The molecule has 0 spiro atoms. The molecule has 0 aliphatic carbocycles. The Morgan fingerprint density at radius 1 is 0.962 bits per heavy atom. The first kappa shape index (κ1) is 18.7. The quantitative estimate of drug-likeness (QED) is 0.566. The van der Waals surface area contributed by atoms with Crippen molar-refractivity contribution < 1.29 is 9.47 Å². The van der Waals surface area contributed by atoms with Crippen LogP contribution in [0.3, 0.4) is 0 Å². The summed E-state index contributed by atoms with van der Waals surface area (Å²) in [5.74, 6) is 1.69. The Kier molecular flexibility index (Phi) is 6.17. The Bertz CT molecular complexity index is 864. The average Bonchev–Trinajstić information content (AvgIpc) is 2.67. The molecule has 0 saturated carbocycles. The van der Waals surface area contributed by atoms with Gasteiger partial charge >= 0.3 is 0 Å². The summed E-state index contributed by atoms with van der Waals surface area (Å²) in [6, 6.07) is 19.2. The number of nitrogens with one attached hydrogen (secondary N) is 1. The second kappa shape index (κ2) is 8.56. The smallest absolute Gasteiger partial charge is 0.126 e. The van der Waals surface area contributed by atoms with Crippen LogP contribution in [0.5, 0.6) is 11.5 Å². The van der Waals surface area contributed by atoms with E-state index in [9.17, 15) is 0 Å². The highest BCUT2D eigenvalue weighted by atomic mass is 79.9. The number of hydrogen-bond donors (Lipinski definition) is 1. The van der Waals surface area contributed by atoms with E-state index in [-0.39, 0.29) is 6.04 Å². The van der Waals surface area contributed by atoms with Gasteiger partial charge in [-0.15, -0.1) is 0 Å². The third-order valence-corrected chi connectivity index (χ3v) is 5.06. The molecule has 0 heterocycles. The van der Waals surface area contributed by atoms with Gasteiger partial charge in [0.05, 0.1) is 14.2 Å². The minimum atomic E-state index is 0.276. The molecule has 0 aromatic heterocycles. The maximum Gasteiger partial charge on any atom is 0.126 e. The van der Waals surface area contributed by atoms with E-state index in [1.807, 2.05) is 12.1 Å². The topological polar surface area (TPSA) is 30.5 Å². The summed E-state index contributed by atoms with van der Waals surface area (Å²) in [6.45, 7) is 3.01. The van der Waals surface area contributed by atoms with Crippen molar-refractivity contribution in [1.29, 1.82) is 0 Å². The third kappa shape index (κ3) is 4.19. The maximum atomic E-state index is 5.55. The van der Waals surface area contributed by atoms with Crippen molar-refractivity contribution in [2.45, 2.75) is 25.9 Å². The molecule has 3 aromatic rings. The molecule has 3 aromatic carbocycles. The third-order valence-electron chi connectivity index (χ3n) is 4.60. The predicted molar refractivity (Wildman–Crippen MR) is 111 cm³/mol. The highest BCUT2D eigenvalue weighted by Crippen LogP contribution is 2.33. The van der Waals surface area contributed by atoms with Gasteiger partial charge in [0.15, 0.2) is 0 Å². The molecule has 4 heteroatoms. The van der Waals surface area contributed by atoms with Gasteiger partial charge in [0.2, 0.25) is 0 Å². The summed E-state index contributed by atoms with van der Waals surface area (Å²) in [7, 11) is 3.39. The Labute approximate surface area is 163 Å². The van der Waals surface area contributed by atoms with E-state index in [1.54, 1.807) is 14.2 Å². The molecule has 1 atom stereocenters. The zero-order valence-electron chi connectivity index (χ0n) is 15.4. The van der Waals surface area contributed by atoms with Crippen LogP contribution >= 0.6 is 15.9 Å². The zero-order valence-corrected chi connectivity index (χ0v) is 17.0. The summed E-state index contributed by atoms with van der Waals surface area (Å²) in [6.07, 6.45) is 0.824. The van der Waals surface area contributed by atoms with E-state index in [2.05, 4.69) is 70.6 Å². The van der Waals surface area contributed by atoms with Crippen LogP contribution in [-0.2, 0) is 13.0 Å². The molecule has 26 heavy (non-hydrogen) atoms. The van der Waals surface area contributed by atoms with Crippen LogP contribution in [0.1, 0.15) is 18.1 Å². The fourth-order valence-electron chi connectivity index (χ4n) is 3.26. The van der Waals surface area contributed by atoms with Gasteiger partial charge in [-0.25, -0.2) is 0 Å². The van der Waals surface area contributed by atoms with E-state index in [4.69, 9.17) is 9.47 Å². The molecular formula is C22H24BrNO2.